The van der Waals surface area contributed by atoms with Gasteiger partial charge in [0.05, 0.1) is 25.1 Å². The number of carbonyl (C=O) groups is 1. The molecule has 0 saturated carbocycles. The predicted molar refractivity (Wildman–Crippen MR) is 91.3 cm³/mol. The molecule has 0 heterocycles. The van der Waals surface area contributed by atoms with E-state index in [1.54, 1.807) is 24.3 Å². The van der Waals surface area contributed by atoms with Crippen molar-refractivity contribution in [3.8, 4) is 11.5 Å². The van der Waals surface area contributed by atoms with Crippen LogP contribution in [0.15, 0.2) is 48.5 Å². The van der Waals surface area contributed by atoms with E-state index in [9.17, 15) is 18.0 Å². The molecule has 1 N–H and O–H groups in total. The molecule has 0 fully saturated rings. The Morgan fingerprint density at radius 3 is 2.31 bits per heavy atom. The molecule has 0 bridgehead atoms. The number of hydrogen-bond donors (Lipinski definition) is 1. The monoisotopic (exact) mass is 367 g/mol. The molecule has 7 heteroatoms. The smallest absolute Gasteiger partial charge is 0.416 e. The molecule has 140 valence electrons. The molecular formula is C19H20F3NO3. The van der Waals surface area contributed by atoms with Gasteiger partial charge in [0.15, 0.2) is 0 Å². The maximum Gasteiger partial charge on any atom is 0.416 e. The molecular weight excluding hydrogens is 347 g/mol. The van der Waals surface area contributed by atoms with Crippen LogP contribution in [0.1, 0.15) is 18.1 Å². The molecule has 0 atom stereocenters. The van der Waals surface area contributed by atoms with Crippen LogP contribution in [0, 0.1) is 0 Å². The van der Waals surface area contributed by atoms with E-state index in [2.05, 4.69) is 5.32 Å². The summed E-state index contributed by atoms with van der Waals surface area (Å²) in [6.45, 7) is 2.98. The largest absolute Gasteiger partial charge is 0.494 e. The lowest BCUT2D eigenvalue weighted by Gasteiger charge is -2.10. The summed E-state index contributed by atoms with van der Waals surface area (Å²) < 4.78 is 48.8. The highest BCUT2D eigenvalue weighted by Gasteiger charge is 2.30. The summed E-state index contributed by atoms with van der Waals surface area (Å²) in [7, 11) is 0. The van der Waals surface area contributed by atoms with Gasteiger partial charge in [-0.2, -0.15) is 13.2 Å². The summed E-state index contributed by atoms with van der Waals surface area (Å²) in [5.41, 5.74) is -0.452. The van der Waals surface area contributed by atoms with E-state index in [0.29, 0.717) is 17.9 Å². The highest BCUT2D eigenvalue weighted by Crippen LogP contribution is 2.29. The summed E-state index contributed by atoms with van der Waals surface area (Å²) in [6.07, 6.45) is -4.54. The fraction of sp³-hybridized carbons (Fsp3) is 0.316. The van der Waals surface area contributed by atoms with E-state index < -0.39 is 11.7 Å². The van der Waals surface area contributed by atoms with Crippen LogP contribution in [0.25, 0.3) is 0 Å². The zero-order valence-electron chi connectivity index (χ0n) is 14.3. The van der Waals surface area contributed by atoms with Crippen molar-refractivity contribution in [2.45, 2.75) is 19.5 Å². The van der Waals surface area contributed by atoms with Gasteiger partial charge in [-0.15, -0.1) is 0 Å². The fourth-order valence-electron chi connectivity index (χ4n) is 2.26. The topological polar surface area (TPSA) is 47.6 Å². The molecule has 0 unspecified atom stereocenters. The molecule has 26 heavy (non-hydrogen) atoms. The fourth-order valence-corrected chi connectivity index (χ4v) is 2.26. The average molecular weight is 367 g/mol. The van der Waals surface area contributed by atoms with Crippen LogP contribution in [0.5, 0.6) is 11.5 Å². The Balaban J connectivity index is 1.74. The van der Waals surface area contributed by atoms with Crippen LogP contribution >= 0.6 is 0 Å². The van der Waals surface area contributed by atoms with Crippen LogP contribution in [0.4, 0.5) is 13.2 Å². The molecule has 0 spiro atoms. The van der Waals surface area contributed by atoms with Gasteiger partial charge in [-0.1, -0.05) is 18.2 Å². The number of carbonyl (C=O) groups excluding carboxylic acids is 1. The van der Waals surface area contributed by atoms with E-state index in [-0.39, 0.29) is 25.5 Å². The summed E-state index contributed by atoms with van der Waals surface area (Å²) >= 11 is 0. The number of ether oxygens (including phenoxy) is 2. The highest BCUT2D eigenvalue weighted by atomic mass is 19.4. The van der Waals surface area contributed by atoms with Gasteiger partial charge in [-0.3, -0.25) is 4.79 Å². The Labute approximate surface area is 149 Å². The molecule has 4 nitrogen and oxygen atoms in total. The lowest BCUT2D eigenvalue weighted by Crippen LogP contribution is -2.29. The number of hydrogen-bond acceptors (Lipinski definition) is 3. The zero-order chi connectivity index (χ0) is 19.0. The van der Waals surface area contributed by atoms with Crippen molar-refractivity contribution >= 4 is 5.91 Å². The highest BCUT2D eigenvalue weighted by molar-refractivity contribution is 5.78. The first-order valence-corrected chi connectivity index (χ1v) is 8.17. The Morgan fingerprint density at radius 2 is 1.69 bits per heavy atom. The summed E-state index contributed by atoms with van der Waals surface area (Å²) in [6, 6.07) is 11.8. The van der Waals surface area contributed by atoms with Gasteiger partial charge in [0, 0.05) is 0 Å². The molecule has 0 saturated heterocycles. The third-order valence-electron chi connectivity index (χ3n) is 3.45. The van der Waals surface area contributed by atoms with Crippen LogP contribution in [-0.2, 0) is 17.4 Å². The third-order valence-corrected chi connectivity index (χ3v) is 3.45. The van der Waals surface area contributed by atoms with Crippen molar-refractivity contribution in [2.24, 2.45) is 0 Å². The van der Waals surface area contributed by atoms with Crippen molar-refractivity contribution in [3.63, 3.8) is 0 Å². The molecule has 2 rings (SSSR count). The van der Waals surface area contributed by atoms with Crippen LogP contribution < -0.4 is 14.8 Å². The minimum absolute atomic E-state index is 0.118. The van der Waals surface area contributed by atoms with Crippen molar-refractivity contribution in [1.82, 2.24) is 5.32 Å². The first-order valence-electron chi connectivity index (χ1n) is 8.17. The van der Waals surface area contributed by atoms with E-state index in [1.807, 2.05) is 6.92 Å². The molecule has 2 aromatic carbocycles. The molecule has 2 aromatic rings. The quantitative estimate of drug-likeness (QED) is 0.721. The Kier molecular flexibility index (Phi) is 6.89. The number of halogens is 3. The average Bonchev–Trinajstić information content (AvgIpc) is 2.60. The first-order chi connectivity index (χ1) is 12.4. The van der Waals surface area contributed by atoms with Gasteiger partial charge in [0.1, 0.15) is 18.1 Å². The van der Waals surface area contributed by atoms with Gasteiger partial charge < -0.3 is 14.8 Å². The Morgan fingerprint density at radius 1 is 1.04 bits per heavy atom. The van der Waals surface area contributed by atoms with E-state index in [4.69, 9.17) is 9.47 Å². The van der Waals surface area contributed by atoms with Gasteiger partial charge in [-0.25, -0.2) is 0 Å². The van der Waals surface area contributed by atoms with Gasteiger partial charge in [-0.05, 0) is 42.8 Å². The van der Waals surface area contributed by atoms with Gasteiger partial charge in [0.2, 0.25) is 5.91 Å². The van der Waals surface area contributed by atoms with Crippen LogP contribution in [-0.4, -0.2) is 25.7 Å². The van der Waals surface area contributed by atoms with Crippen LogP contribution in [0.2, 0.25) is 0 Å². The molecule has 0 radical (unpaired) electrons. The third kappa shape index (κ3) is 6.31. The maximum atomic E-state index is 12.7. The summed E-state index contributed by atoms with van der Waals surface area (Å²) in [5, 5.41) is 2.62. The molecule has 0 aliphatic rings. The molecule has 0 aromatic heterocycles. The van der Waals surface area contributed by atoms with Gasteiger partial charge in [0.25, 0.3) is 0 Å². The van der Waals surface area contributed by atoms with Crippen molar-refractivity contribution in [3.05, 3.63) is 59.7 Å². The van der Waals surface area contributed by atoms with Crippen molar-refractivity contribution in [1.29, 1.82) is 0 Å². The molecule has 0 aliphatic heterocycles. The molecule has 0 aliphatic carbocycles. The van der Waals surface area contributed by atoms with E-state index in [0.717, 1.165) is 17.9 Å². The van der Waals surface area contributed by atoms with E-state index in [1.165, 1.54) is 12.1 Å². The minimum atomic E-state index is -4.42. The number of rotatable bonds is 8. The Bertz CT molecular complexity index is 715. The first kappa shape index (κ1) is 19.6. The normalized spacial score (nSPS) is 11.1. The number of nitrogens with one attached hydrogen (secondary N) is 1. The standard InChI is InChI=1S/C19H20F3NO3/c1-2-25-16-6-8-17(9-7-16)26-11-10-23-18(24)13-14-4-3-5-15(12-14)19(20,21)22/h3-9,12H,2,10-11,13H2,1H3,(H,23,24). The van der Waals surface area contributed by atoms with Crippen molar-refractivity contribution in [2.75, 3.05) is 19.8 Å². The lowest BCUT2D eigenvalue weighted by atomic mass is 10.1. The predicted octanol–water partition coefficient (Wildman–Crippen LogP) is 3.84. The molecule has 1 amide bonds. The number of alkyl halides is 3. The minimum Gasteiger partial charge on any atom is -0.494 e. The van der Waals surface area contributed by atoms with E-state index >= 15 is 0 Å². The van der Waals surface area contributed by atoms with Crippen LogP contribution in [0.3, 0.4) is 0 Å². The second kappa shape index (κ2) is 9.12. The second-order valence-corrected chi connectivity index (χ2v) is 5.48. The zero-order valence-corrected chi connectivity index (χ0v) is 14.3. The number of amides is 1. The summed E-state index contributed by atoms with van der Waals surface area (Å²) in [5.74, 6) is 1.02. The lowest BCUT2D eigenvalue weighted by molar-refractivity contribution is -0.137. The Hall–Kier alpha value is -2.70. The SMILES string of the molecule is CCOc1ccc(OCCNC(=O)Cc2cccc(C(F)(F)F)c2)cc1. The summed E-state index contributed by atoms with van der Waals surface area (Å²) in [4.78, 5) is 11.8. The maximum absolute atomic E-state index is 12.7. The van der Waals surface area contributed by atoms with Gasteiger partial charge >= 0.3 is 6.18 Å². The second-order valence-electron chi connectivity index (χ2n) is 5.48. The number of benzene rings is 2. The van der Waals surface area contributed by atoms with Crippen molar-refractivity contribution < 1.29 is 27.4 Å².